The van der Waals surface area contributed by atoms with Crippen molar-refractivity contribution in [1.82, 2.24) is 19.6 Å². The van der Waals surface area contributed by atoms with Gasteiger partial charge in [0.05, 0.1) is 0 Å². The minimum absolute atomic E-state index is 0.406. The predicted molar refractivity (Wildman–Crippen MR) is 84.7 cm³/mol. The van der Waals surface area contributed by atoms with Crippen molar-refractivity contribution >= 4 is 11.6 Å². The second kappa shape index (κ2) is 5.28. The van der Waals surface area contributed by atoms with Gasteiger partial charge in [-0.2, -0.15) is 14.6 Å². The molecule has 5 nitrogen and oxygen atoms in total. The quantitative estimate of drug-likeness (QED) is 0.870. The maximum atomic E-state index is 4.53. The number of hydrogen-bond donors (Lipinski definition) is 0. The first kappa shape index (κ1) is 14.3. The van der Waals surface area contributed by atoms with Gasteiger partial charge in [-0.1, -0.05) is 20.3 Å². The summed E-state index contributed by atoms with van der Waals surface area (Å²) in [4.78, 5) is 11.3. The van der Waals surface area contributed by atoms with E-state index >= 15 is 0 Å². The molecule has 0 saturated carbocycles. The summed E-state index contributed by atoms with van der Waals surface area (Å²) in [6.07, 6.45) is 6.69. The highest BCUT2D eigenvalue weighted by Gasteiger charge is 2.32. The highest BCUT2D eigenvalue weighted by molar-refractivity contribution is 5.54. The lowest BCUT2D eigenvalue weighted by atomic mass is 9.78. The van der Waals surface area contributed by atoms with Gasteiger partial charge in [-0.25, -0.2) is 4.98 Å². The molecule has 0 aromatic carbocycles. The van der Waals surface area contributed by atoms with Crippen LogP contribution in [0.25, 0.3) is 5.78 Å². The van der Waals surface area contributed by atoms with Crippen LogP contribution in [0.2, 0.25) is 0 Å². The molecule has 0 bridgehead atoms. The van der Waals surface area contributed by atoms with Crippen molar-refractivity contribution < 1.29 is 0 Å². The third-order valence-electron chi connectivity index (χ3n) is 4.81. The number of fused-ring (bicyclic) bond motifs is 1. The van der Waals surface area contributed by atoms with Crippen LogP contribution in [0.1, 0.15) is 50.8 Å². The van der Waals surface area contributed by atoms with Gasteiger partial charge < -0.3 is 4.90 Å². The van der Waals surface area contributed by atoms with Crippen molar-refractivity contribution in [2.45, 2.75) is 53.4 Å². The number of nitrogens with zero attached hydrogens (tertiary/aromatic N) is 5. The normalized spacial score (nSPS) is 23.0. The number of piperidine rings is 1. The van der Waals surface area contributed by atoms with Crippen LogP contribution in [0.4, 0.5) is 5.82 Å². The topological polar surface area (TPSA) is 46.3 Å². The van der Waals surface area contributed by atoms with E-state index in [0.29, 0.717) is 11.2 Å². The van der Waals surface area contributed by atoms with Crippen molar-refractivity contribution in [3.8, 4) is 0 Å². The van der Waals surface area contributed by atoms with Crippen molar-refractivity contribution in [3.63, 3.8) is 0 Å². The second-order valence-electron chi connectivity index (χ2n) is 6.70. The number of anilines is 1. The molecule has 0 radical (unpaired) electrons. The fourth-order valence-corrected chi connectivity index (χ4v) is 3.69. The first-order chi connectivity index (χ1) is 10.0. The average Bonchev–Trinajstić information content (AvgIpc) is 2.87. The minimum atomic E-state index is 0.406. The van der Waals surface area contributed by atoms with E-state index in [1.54, 1.807) is 6.33 Å². The van der Waals surface area contributed by atoms with Crippen LogP contribution in [0.15, 0.2) is 6.33 Å². The van der Waals surface area contributed by atoms with Gasteiger partial charge in [-0.15, -0.1) is 0 Å². The number of rotatable bonds is 3. The molecule has 21 heavy (non-hydrogen) atoms. The lowest BCUT2D eigenvalue weighted by molar-refractivity contribution is 0.237. The van der Waals surface area contributed by atoms with Crippen molar-refractivity contribution in [3.05, 3.63) is 17.6 Å². The molecule has 0 amide bonds. The molecule has 1 aliphatic rings. The standard InChI is InChI=1S/C16H25N5/c1-5-7-16(4)8-6-9-20(10-16)14-12(2)13(3)19-15-17-11-18-21(14)15/h11H,5-10H2,1-4H3. The maximum absolute atomic E-state index is 4.53. The fraction of sp³-hybridized carbons (Fsp3) is 0.688. The Morgan fingerprint density at radius 1 is 1.33 bits per heavy atom. The summed E-state index contributed by atoms with van der Waals surface area (Å²) in [7, 11) is 0. The van der Waals surface area contributed by atoms with Crippen LogP contribution in [-0.4, -0.2) is 32.7 Å². The van der Waals surface area contributed by atoms with E-state index in [4.69, 9.17) is 0 Å². The van der Waals surface area contributed by atoms with Gasteiger partial charge in [0.15, 0.2) is 0 Å². The van der Waals surface area contributed by atoms with Gasteiger partial charge in [0.1, 0.15) is 12.1 Å². The Balaban J connectivity index is 2.03. The summed E-state index contributed by atoms with van der Waals surface area (Å²) >= 11 is 0. The zero-order valence-electron chi connectivity index (χ0n) is 13.6. The third-order valence-corrected chi connectivity index (χ3v) is 4.81. The Hall–Kier alpha value is -1.65. The van der Waals surface area contributed by atoms with E-state index in [-0.39, 0.29) is 0 Å². The van der Waals surface area contributed by atoms with Gasteiger partial charge in [0.2, 0.25) is 0 Å². The summed E-state index contributed by atoms with van der Waals surface area (Å²) in [5.74, 6) is 1.88. The van der Waals surface area contributed by atoms with Gasteiger partial charge in [0.25, 0.3) is 5.78 Å². The zero-order valence-corrected chi connectivity index (χ0v) is 13.6. The second-order valence-corrected chi connectivity index (χ2v) is 6.70. The predicted octanol–water partition coefficient (Wildman–Crippen LogP) is 3.15. The molecule has 1 saturated heterocycles. The lowest BCUT2D eigenvalue weighted by Crippen LogP contribution is -2.43. The maximum Gasteiger partial charge on any atom is 0.254 e. The molecule has 0 aliphatic carbocycles. The largest absolute Gasteiger partial charge is 0.356 e. The van der Waals surface area contributed by atoms with Gasteiger partial charge >= 0.3 is 0 Å². The van der Waals surface area contributed by atoms with E-state index in [1.165, 1.54) is 37.1 Å². The number of aryl methyl sites for hydroxylation is 1. The van der Waals surface area contributed by atoms with Crippen LogP contribution in [0.5, 0.6) is 0 Å². The van der Waals surface area contributed by atoms with E-state index < -0.39 is 0 Å². The smallest absolute Gasteiger partial charge is 0.254 e. The molecule has 2 aromatic rings. The highest BCUT2D eigenvalue weighted by Crippen LogP contribution is 2.37. The minimum Gasteiger partial charge on any atom is -0.356 e. The van der Waals surface area contributed by atoms with E-state index in [9.17, 15) is 0 Å². The van der Waals surface area contributed by atoms with Crippen LogP contribution in [0.3, 0.4) is 0 Å². The molecule has 0 N–H and O–H groups in total. The van der Waals surface area contributed by atoms with Crippen LogP contribution >= 0.6 is 0 Å². The molecule has 5 heteroatoms. The Morgan fingerprint density at radius 2 is 2.14 bits per heavy atom. The fourth-order valence-electron chi connectivity index (χ4n) is 3.69. The van der Waals surface area contributed by atoms with E-state index in [2.05, 4.69) is 47.7 Å². The first-order valence-electron chi connectivity index (χ1n) is 7.96. The Kier molecular flexibility index (Phi) is 3.59. The van der Waals surface area contributed by atoms with Gasteiger partial charge in [-0.05, 0) is 38.5 Å². The summed E-state index contributed by atoms with van der Waals surface area (Å²) in [6, 6.07) is 0. The van der Waals surface area contributed by atoms with Crippen LogP contribution in [0, 0.1) is 19.3 Å². The SMILES string of the molecule is CCCC1(C)CCCN(c2c(C)c(C)nc3ncnn23)C1. The molecular weight excluding hydrogens is 262 g/mol. The van der Waals surface area contributed by atoms with Gasteiger partial charge in [0, 0.05) is 24.3 Å². The molecule has 2 aromatic heterocycles. The highest BCUT2D eigenvalue weighted by atomic mass is 15.4. The molecule has 3 heterocycles. The molecule has 1 atom stereocenters. The molecule has 1 aliphatic heterocycles. The first-order valence-corrected chi connectivity index (χ1v) is 7.96. The van der Waals surface area contributed by atoms with Crippen molar-refractivity contribution in [2.24, 2.45) is 5.41 Å². The monoisotopic (exact) mass is 287 g/mol. The van der Waals surface area contributed by atoms with Crippen molar-refractivity contribution in [1.29, 1.82) is 0 Å². The summed E-state index contributed by atoms with van der Waals surface area (Å²) < 4.78 is 1.90. The summed E-state index contributed by atoms with van der Waals surface area (Å²) in [5.41, 5.74) is 2.67. The Labute approximate surface area is 126 Å². The zero-order chi connectivity index (χ0) is 15.0. The molecule has 0 spiro atoms. The third kappa shape index (κ3) is 2.49. The van der Waals surface area contributed by atoms with E-state index in [1.807, 2.05) is 4.52 Å². The number of hydrogen-bond acceptors (Lipinski definition) is 4. The molecule has 1 unspecified atom stereocenters. The summed E-state index contributed by atoms with van der Waals surface area (Å²) in [5, 5.41) is 4.39. The molecular formula is C16H25N5. The van der Waals surface area contributed by atoms with E-state index in [0.717, 1.165) is 18.8 Å². The number of aromatic nitrogens is 4. The summed E-state index contributed by atoms with van der Waals surface area (Å²) in [6.45, 7) is 11.1. The molecule has 1 fully saturated rings. The molecule has 114 valence electrons. The van der Waals surface area contributed by atoms with Gasteiger partial charge in [-0.3, -0.25) is 0 Å². The Bertz CT molecular complexity index is 643. The Morgan fingerprint density at radius 3 is 2.90 bits per heavy atom. The molecule has 3 rings (SSSR count). The van der Waals surface area contributed by atoms with Crippen molar-refractivity contribution in [2.75, 3.05) is 18.0 Å². The van der Waals surface area contributed by atoms with Crippen LogP contribution < -0.4 is 4.90 Å². The average molecular weight is 287 g/mol. The van der Waals surface area contributed by atoms with Crippen LogP contribution in [-0.2, 0) is 0 Å². The lowest BCUT2D eigenvalue weighted by Gasteiger charge is -2.42.